The van der Waals surface area contributed by atoms with Gasteiger partial charge in [-0.3, -0.25) is 0 Å². The molecule has 0 atom stereocenters. The molecular formula is C18H29N7. The van der Waals surface area contributed by atoms with Crippen molar-refractivity contribution in [1.82, 2.24) is 14.6 Å². The van der Waals surface area contributed by atoms with E-state index in [1.165, 1.54) is 0 Å². The quantitative estimate of drug-likeness (QED) is 0.677. The topological polar surface area (TPSA) is 106 Å². The second-order valence-corrected chi connectivity index (χ2v) is 7.65. The first kappa shape index (κ1) is 16.6. The van der Waals surface area contributed by atoms with Gasteiger partial charge in [0, 0.05) is 42.6 Å². The monoisotopic (exact) mass is 343 g/mol. The van der Waals surface area contributed by atoms with Crippen LogP contribution in [0.2, 0.25) is 0 Å². The molecule has 0 amide bonds. The number of fused-ring (bicyclic) bond motifs is 1. The summed E-state index contributed by atoms with van der Waals surface area (Å²) in [7, 11) is 0. The SMILES string of the molecule is NC1CCC(Nc2cc(NC3CCC(N)CC3)c3nccn3n2)CC1. The average Bonchev–Trinajstić information content (AvgIpc) is 3.08. The molecule has 7 heteroatoms. The van der Waals surface area contributed by atoms with Gasteiger partial charge >= 0.3 is 0 Å². The molecule has 2 heterocycles. The summed E-state index contributed by atoms with van der Waals surface area (Å²) in [5, 5.41) is 11.9. The molecule has 2 aromatic heterocycles. The largest absolute Gasteiger partial charge is 0.379 e. The van der Waals surface area contributed by atoms with Gasteiger partial charge in [-0.15, -0.1) is 5.10 Å². The van der Waals surface area contributed by atoms with E-state index in [0.717, 1.165) is 68.5 Å². The molecule has 4 rings (SSSR count). The Labute approximate surface area is 148 Å². The lowest BCUT2D eigenvalue weighted by Gasteiger charge is -2.29. The van der Waals surface area contributed by atoms with Crippen molar-refractivity contribution in [2.24, 2.45) is 11.5 Å². The van der Waals surface area contributed by atoms with Crippen molar-refractivity contribution in [3.8, 4) is 0 Å². The maximum absolute atomic E-state index is 6.03. The minimum Gasteiger partial charge on any atom is -0.379 e. The number of aromatic nitrogens is 3. The van der Waals surface area contributed by atoms with Crippen LogP contribution in [0.25, 0.3) is 5.65 Å². The van der Waals surface area contributed by atoms with Gasteiger partial charge in [-0.1, -0.05) is 0 Å². The number of anilines is 2. The van der Waals surface area contributed by atoms with Crippen LogP contribution in [0.15, 0.2) is 18.5 Å². The van der Waals surface area contributed by atoms with Crippen LogP contribution in [0.1, 0.15) is 51.4 Å². The maximum atomic E-state index is 6.03. The van der Waals surface area contributed by atoms with E-state index in [2.05, 4.69) is 26.8 Å². The molecule has 2 aliphatic carbocycles. The molecule has 0 aromatic carbocycles. The minimum atomic E-state index is 0.358. The van der Waals surface area contributed by atoms with Crippen molar-refractivity contribution < 1.29 is 0 Å². The highest BCUT2D eigenvalue weighted by atomic mass is 15.3. The summed E-state index contributed by atoms with van der Waals surface area (Å²) >= 11 is 0. The second kappa shape index (κ2) is 7.17. The van der Waals surface area contributed by atoms with E-state index < -0.39 is 0 Å². The van der Waals surface area contributed by atoms with E-state index in [1.54, 1.807) is 6.20 Å². The van der Waals surface area contributed by atoms with Gasteiger partial charge in [-0.05, 0) is 51.4 Å². The van der Waals surface area contributed by atoms with E-state index in [9.17, 15) is 0 Å². The van der Waals surface area contributed by atoms with E-state index in [0.29, 0.717) is 24.2 Å². The highest BCUT2D eigenvalue weighted by Crippen LogP contribution is 2.26. The molecule has 0 saturated heterocycles. The molecule has 2 saturated carbocycles. The summed E-state index contributed by atoms with van der Waals surface area (Å²) in [6.07, 6.45) is 12.5. The van der Waals surface area contributed by atoms with Gasteiger partial charge < -0.3 is 22.1 Å². The average molecular weight is 343 g/mol. The number of imidazole rings is 1. The van der Waals surface area contributed by atoms with Gasteiger partial charge in [0.25, 0.3) is 0 Å². The summed E-state index contributed by atoms with van der Waals surface area (Å²) in [5.41, 5.74) is 14.0. The lowest BCUT2D eigenvalue weighted by atomic mass is 9.91. The first-order valence-electron chi connectivity index (χ1n) is 9.56. The number of rotatable bonds is 4. The summed E-state index contributed by atoms with van der Waals surface area (Å²) in [4.78, 5) is 4.47. The number of hydrogen-bond acceptors (Lipinski definition) is 6. The van der Waals surface area contributed by atoms with Crippen LogP contribution in [0.3, 0.4) is 0 Å². The Kier molecular flexibility index (Phi) is 4.76. The van der Waals surface area contributed by atoms with Gasteiger partial charge in [-0.2, -0.15) is 0 Å². The zero-order chi connectivity index (χ0) is 17.2. The molecule has 136 valence electrons. The fourth-order valence-electron chi connectivity index (χ4n) is 4.05. The lowest BCUT2D eigenvalue weighted by molar-refractivity contribution is 0.409. The first-order chi connectivity index (χ1) is 12.2. The van der Waals surface area contributed by atoms with Crippen molar-refractivity contribution in [3.63, 3.8) is 0 Å². The third-order valence-corrected chi connectivity index (χ3v) is 5.61. The van der Waals surface area contributed by atoms with Gasteiger partial charge in [0.05, 0.1) is 5.69 Å². The van der Waals surface area contributed by atoms with Crippen LogP contribution < -0.4 is 22.1 Å². The van der Waals surface area contributed by atoms with Crippen LogP contribution >= 0.6 is 0 Å². The zero-order valence-corrected chi connectivity index (χ0v) is 14.7. The molecular weight excluding hydrogens is 314 g/mol. The maximum Gasteiger partial charge on any atom is 0.177 e. The molecule has 0 unspecified atom stereocenters. The molecule has 7 nitrogen and oxygen atoms in total. The molecule has 0 radical (unpaired) electrons. The van der Waals surface area contributed by atoms with Crippen molar-refractivity contribution in [1.29, 1.82) is 0 Å². The molecule has 2 fully saturated rings. The van der Waals surface area contributed by atoms with Crippen molar-refractivity contribution >= 4 is 17.2 Å². The Morgan fingerprint density at radius 3 is 2.12 bits per heavy atom. The number of nitrogens with zero attached hydrogens (tertiary/aromatic N) is 3. The molecule has 2 aromatic rings. The van der Waals surface area contributed by atoms with Crippen LogP contribution in [0.5, 0.6) is 0 Å². The van der Waals surface area contributed by atoms with E-state index in [1.807, 2.05) is 10.7 Å². The Balaban J connectivity index is 1.50. The number of nitrogens with two attached hydrogens (primary N) is 2. The van der Waals surface area contributed by atoms with Gasteiger partial charge in [0.1, 0.15) is 5.82 Å². The molecule has 2 aliphatic rings. The predicted molar refractivity (Wildman–Crippen MR) is 101 cm³/mol. The Morgan fingerprint density at radius 1 is 0.880 bits per heavy atom. The van der Waals surface area contributed by atoms with Crippen LogP contribution in [0.4, 0.5) is 11.5 Å². The highest BCUT2D eigenvalue weighted by Gasteiger charge is 2.21. The van der Waals surface area contributed by atoms with Crippen molar-refractivity contribution in [2.45, 2.75) is 75.5 Å². The fourth-order valence-corrected chi connectivity index (χ4v) is 4.05. The summed E-state index contributed by atoms with van der Waals surface area (Å²) < 4.78 is 1.85. The summed E-state index contributed by atoms with van der Waals surface area (Å²) in [5.74, 6) is 0.904. The van der Waals surface area contributed by atoms with Crippen LogP contribution in [-0.2, 0) is 0 Å². The molecule has 0 bridgehead atoms. The van der Waals surface area contributed by atoms with E-state index in [-0.39, 0.29) is 0 Å². The van der Waals surface area contributed by atoms with Crippen molar-refractivity contribution in [2.75, 3.05) is 10.6 Å². The molecule has 0 spiro atoms. The van der Waals surface area contributed by atoms with Gasteiger partial charge in [-0.25, -0.2) is 9.50 Å². The zero-order valence-electron chi connectivity index (χ0n) is 14.7. The normalized spacial score (nSPS) is 30.3. The molecule has 6 N–H and O–H groups in total. The second-order valence-electron chi connectivity index (χ2n) is 7.65. The molecule has 25 heavy (non-hydrogen) atoms. The lowest BCUT2D eigenvalue weighted by Crippen LogP contribution is -2.33. The fraction of sp³-hybridized carbons (Fsp3) is 0.667. The standard InChI is InChI=1S/C18H29N7/c19-12-1-5-14(6-2-12)22-16-11-17(24-25-10-9-21-18(16)25)23-15-7-3-13(20)4-8-15/h9-15,22H,1-8,19-20H2,(H,23,24). The number of hydrogen-bond donors (Lipinski definition) is 4. The van der Waals surface area contributed by atoms with E-state index in [4.69, 9.17) is 11.5 Å². The summed E-state index contributed by atoms with van der Waals surface area (Å²) in [6.45, 7) is 0. The predicted octanol–water partition coefficient (Wildman–Crippen LogP) is 2.09. The molecule has 0 aliphatic heterocycles. The summed E-state index contributed by atoms with van der Waals surface area (Å²) in [6, 6.07) is 3.73. The number of nitrogens with one attached hydrogen (secondary N) is 2. The first-order valence-corrected chi connectivity index (χ1v) is 9.56. The Morgan fingerprint density at radius 2 is 1.48 bits per heavy atom. The van der Waals surface area contributed by atoms with E-state index >= 15 is 0 Å². The third-order valence-electron chi connectivity index (χ3n) is 5.61. The van der Waals surface area contributed by atoms with Crippen molar-refractivity contribution in [3.05, 3.63) is 18.5 Å². The van der Waals surface area contributed by atoms with Crippen LogP contribution in [0, 0.1) is 0 Å². The highest BCUT2D eigenvalue weighted by molar-refractivity contribution is 5.70. The Bertz CT molecular complexity index is 697. The smallest absolute Gasteiger partial charge is 0.177 e. The van der Waals surface area contributed by atoms with Gasteiger partial charge in [0.15, 0.2) is 5.65 Å². The third kappa shape index (κ3) is 3.88. The van der Waals surface area contributed by atoms with Gasteiger partial charge in [0.2, 0.25) is 0 Å². The van der Waals surface area contributed by atoms with Crippen LogP contribution in [-0.4, -0.2) is 38.8 Å². The Hall–Kier alpha value is -1.86. The minimum absolute atomic E-state index is 0.358.